The minimum Gasteiger partial charge on any atom is -0.504 e. The standard InChI is InChI=1S/C13H18N2O3/c1-9-5-6-11(16)13(14-9)15-12(17)8-10-4-2-3-7-18-10/h5-6,10,16H,2-4,7-8H2,1H3,(H,14,15,17)/t10-/m0/s1. The molecule has 5 heteroatoms. The zero-order chi connectivity index (χ0) is 13.0. The van der Waals surface area contributed by atoms with Gasteiger partial charge in [-0.3, -0.25) is 4.79 Å². The number of rotatable bonds is 3. The number of aromatic nitrogens is 1. The van der Waals surface area contributed by atoms with Crippen molar-refractivity contribution in [1.29, 1.82) is 0 Å². The van der Waals surface area contributed by atoms with Gasteiger partial charge >= 0.3 is 0 Å². The van der Waals surface area contributed by atoms with E-state index in [1.165, 1.54) is 6.07 Å². The van der Waals surface area contributed by atoms with E-state index in [2.05, 4.69) is 10.3 Å². The van der Waals surface area contributed by atoms with E-state index in [0.29, 0.717) is 6.42 Å². The zero-order valence-electron chi connectivity index (χ0n) is 10.5. The number of hydrogen-bond acceptors (Lipinski definition) is 4. The summed E-state index contributed by atoms with van der Waals surface area (Å²) in [6.07, 6.45) is 3.39. The maximum Gasteiger partial charge on any atom is 0.228 e. The summed E-state index contributed by atoms with van der Waals surface area (Å²) in [7, 11) is 0. The normalized spacial score (nSPS) is 19.5. The fraction of sp³-hybridized carbons (Fsp3) is 0.538. The Labute approximate surface area is 106 Å². The molecule has 0 bridgehead atoms. The molecule has 1 aromatic heterocycles. The first-order chi connectivity index (χ1) is 8.65. The Morgan fingerprint density at radius 3 is 3.11 bits per heavy atom. The fourth-order valence-electron chi connectivity index (χ4n) is 2.00. The number of nitrogens with zero attached hydrogens (tertiary/aromatic N) is 1. The lowest BCUT2D eigenvalue weighted by Crippen LogP contribution is -2.25. The molecule has 1 aliphatic heterocycles. The second-order valence-electron chi connectivity index (χ2n) is 4.56. The van der Waals surface area contributed by atoms with Crippen molar-refractivity contribution in [2.45, 2.75) is 38.7 Å². The van der Waals surface area contributed by atoms with Crippen LogP contribution in [0.15, 0.2) is 12.1 Å². The maximum absolute atomic E-state index is 11.8. The SMILES string of the molecule is Cc1ccc(O)c(NC(=O)C[C@@H]2CCCCO2)n1. The Hall–Kier alpha value is -1.62. The molecule has 0 unspecified atom stereocenters. The van der Waals surface area contributed by atoms with Crippen molar-refractivity contribution >= 4 is 11.7 Å². The van der Waals surface area contributed by atoms with E-state index in [4.69, 9.17) is 4.74 Å². The highest BCUT2D eigenvalue weighted by atomic mass is 16.5. The molecule has 98 valence electrons. The Morgan fingerprint density at radius 1 is 1.56 bits per heavy atom. The van der Waals surface area contributed by atoms with Gasteiger partial charge in [-0.25, -0.2) is 4.98 Å². The Kier molecular flexibility index (Phi) is 4.15. The molecular weight excluding hydrogens is 232 g/mol. The van der Waals surface area contributed by atoms with Crippen molar-refractivity contribution in [1.82, 2.24) is 4.98 Å². The van der Waals surface area contributed by atoms with Crippen LogP contribution in [-0.4, -0.2) is 28.7 Å². The Morgan fingerprint density at radius 2 is 2.39 bits per heavy atom. The van der Waals surface area contributed by atoms with Gasteiger partial charge in [-0.15, -0.1) is 0 Å². The third kappa shape index (κ3) is 3.43. The molecule has 0 spiro atoms. The van der Waals surface area contributed by atoms with Gasteiger partial charge in [-0.1, -0.05) is 0 Å². The number of ether oxygens (including phenoxy) is 1. The number of nitrogens with one attached hydrogen (secondary N) is 1. The van der Waals surface area contributed by atoms with Gasteiger partial charge in [0, 0.05) is 12.3 Å². The van der Waals surface area contributed by atoms with Crippen LogP contribution in [-0.2, 0) is 9.53 Å². The van der Waals surface area contributed by atoms with Crippen LogP contribution in [0.1, 0.15) is 31.4 Å². The van der Waals surface area contributed by atoms with Crippen LogP contribution < -0.4 is 5.32 Å². The second-order valence-corrected chi connectivity index (χ2v) is 4.56. The van der Waals surface area contributed by atoms with Crippen molar-refractivity contribution in [3.8, 4) is 5.75 Å². The third-order valence-electron chi connectivity index (χ3n) is 2.96. The van der Waals surface area contributed by atoms with E-state index in [1.54, 1.807) is 13.0 Å². The lowest BCUT2D eigenvalue weighted by Gasteiger charge is -2.21. The molecule has 1 aromatic rings. The van der Waals surface area contributed by atoms with Crippen LogP contribution >= 0.6 is 0 Å². The van der Waals surface area contributed by atoms with E-state index >= 15 is 0 Å². The predicted octanol–water partition coefficient (Wildman–Crippen LogP) is 1.99. The summed E-state index contributed by atoms with van der Waals surface area (Å²) >= 11 is 0. The van der Waals surface area contributed by atoms with Gasteiger partial charge < -0.3 is 15.2 Å². The summed E-state index contributed by atoms with van der Waals surface area (Å²) in [6, 6.07) is 3.21. The molecular formula is C13H18N2O3. The van der Waals surface area contributed by atoms with Crippen molar-refractivity contribution in [2.75, 3.05) is 11.9 Å². The van der Waals surface area contributed by atoms with Crippen LogP contribution in [0.4, 0.5) is 5.82 Å². The van der Waals surface area contributed by atoms with Gasteiger partial charge in [0.1, 0.15) is 0 Å². The highest BCUT2D eigenvalue weighted by Crippen LogP contribution is 2.21. The van der Waals surface area contributed by atoms with Crippen molar-refractivity contribution < 1.29 is 14.6 Å². The van der Waals surface area contributed by atoms with Crippen LogP contribution in [0.25, 0.3) is 0 Å². The van der Waals surface area contributed by atoms with Gasteiger partial charge in [-0.05, 0) is 38.3 Å². The molecule has 1 fully saturated rings. The van der Waals surface area contributed by atoms with Crippen molar-refractivity contribution in [3.63, 3.8) is 0 Å². The number of aryl methyl sites for hydroxylation is 1. The fourth-order valence-corrected chi connectivity index (χ4v) is 2.00. The first kappa shape index (κ1) is 12.8. The Bertz CT molecular complexity index is 428. The number of aromatic hydroxyl groups is 1. The topological polar surface area (TPSA) is 71.5 Å². The number of carbonyl (C=O) groups is 1. The van der Waals surface area contributed by atoms with E-state index in [1.807, 2.05) is 0 Å². The van der Waals surface area contributed by atoms with Gasteiger partial charge in [0.25, 0.3) is 0 Å². The van der Waals surface area contributed by atoms with Crippen LogP contribution in [0, 0.1) is 6.92 Å². The van der Waals surface area contributed by atoms with Gasteiger partial charge in [0.15, 0.2) is 11.6 Å². The minimum absolute atomic E-state index is 0.00861. The van der Waals surface area contributed by atoms with E-state index < -0.39 is 0 Å². The van der Waals surface area contributed by atoms with Crippen molar-refractivity contribution in [2.24, 2.45) is 0 Å². The number of carbonyl (C=O) groups excluding carboxylic acids is 1. The number of amides is 1. The molecule has 0 aliphatic carbocycles. The first-order valence-electron chi connectivity index (χ1n) is 6.23. The summed E-state index contributed by atoms with van der Waals surface area (Å²) in [5.41, 5.74) is 0.747. The minimum atomic E-state index is -0.171. The molecule has 0 saturated carbocycles. The highest BCUT2D eigenvalue weighted by Gasteiger charge is 2.18. The van der Waals surface area contributed by atoms with E-state index in [-0.39, 0.29) is 23.6 Å². The largest absolute Gasteiger partial charge is 0.504 e. The quantitative estimate of drug-likeness (QED) is 0.860. The molecule has 5 nitrogen and oxygen atoms in total. The molecule has 1 saturated heterocycles. The Balaban J connectivity index is 1.92. The lowest BCUT2D eigenvalue weighted by molar-refractivity contribution is -0.119. The van der Waals surface area contributed by atoms with Crippen molar-refractivity contribution in [3.05, 3.63) is 17.8 Å². The average molecular weight is 250 g/mol. The van der Waals surface area contributed by atoms with Crippen LogP contribution in [0.3, 0.4) is 0 Å². The second kappa shape index (κ2) is 5.82. The molecule has 2 N–H and O–H groups in total. The molecule has 1 atom stereocenters. The summed E-state index contributed by atoms with van der Waals surface area (Å²) in [6.45, 7) is 2.53. The highest BCUT2D eigenvalue weighted by molar-refractivity contribution is 5.91. The monoisotopic (exact) mass is 250 g/mol. The predicted molar refractivity (Wildman–Crippen MR) is 67.5 cm³/mol. The molecule has 18 heavy (non-hydrogen) atoms. The lowest BCUT2D eigenvalue weighted by atomic mass is 10.1. The third-order valence-corrected chi connectivity index (χ3v) is 2.96. The summed E-state index contributed by atoms with van der Waals surface area (Å²) in [4.78, 5) is 15.9. The zero-order valence-corrected chi connectivity index (χ0v) is 10.5. The van der Waals surface area contributed by atoms with Gasteiger partial charge in [-0.2, -0.15) is 0 Å². The first-order valence-corrected chi connectivity index (χ1v) is 6.23. The van der Waals surface area contributed by atoms with Gasteiger partial charge in [0.2, 0.25) is 5.91 Å². The van der Waals surface area contributed by atoms with Crippen LogP contribution in [0.2, 0.25) is 0 Å². The van der Waals surface area contributed by atoms with E-state index in [0.717, 1.165) is 31.6 Å². The van der Waals surface area contributed by atoms with Gasteiger partial charge in [0.05, 0.1) is 12.5 Å². The summed E-state index contributed by atoms with van der Waals surface area (Å²) in [5, 5.41) is 12.2. The maximum atomic E-state index is 11.8. The smallest absolute Gasteiger partial charge is 0.228 e. The summed E-state index contributed by atoms with van der Waals surface area (Å²) in [5.74, 6) is 0.0321. The number of pyridine rings is 1. The number of anilines is 1. The molecule has 0 aromatic carbocycles. The molecule has 2 heterocycles. The number of hydrogen-bond donors (Lipinski definition) is 2. The van der Waals surface area contributed by atoms with Crippen LogP contribution in [0.5, 0.6) is 5.75 Å². The van der Waals surface area contributed by atoms with E-state index in [9.17, 15) is 9.90 Å². The molecule has 1 amide bonds. The summed E-state index contributed by atoms with van der Waals surface area (Å²) < 4.78 is 5.50. The molecule has 0 radical (unpaired) electrons. The molecule has 2 rings (SSSR count). The average Bonchev–Trinajstić information content (AvgIpc) is 2.35. The molecule has 1 aliphatic rings.